The third kappa shape index (κ3) is 10.6. The predicted molar refractivity (Wildman–Crippen MR) is 157 cm³/mol. The Morgan fingerprint density at radius 2 is 1.05 bits per heavy atom. The van der Waals surface area contributed by atoms with Crippen LogP contribution in [-0.4, -0.2) is 64.0 Å². The standard InChI is InChI=1S/C31H35N5O7/c32-23(15-21-11-13-22(37)14-12-21)28(39)34-25(18-27(33)38)30(41)35-24(16-19-7-3-1-4-8-19)29(40)36-26(31(42)43)17-20-9-5-2-6-10-20/h1-14,23-26,37H,15-18,32H2,(H2,33,38)(H,34,39)(H,35,41)(H,36,40)(H,42,43). The second kappa shape index (κ2) is 15.7. The maximum absolute atomic E-state index is 13.4. The first-order valence-corrected chi connectivity index (χ1v) is 13.6. The molecule has 12 heteroatoms. The number of phenolic OH excluding ortho intramolecular Hbond substituents is 1. The number of amides is 4. The van der Waals surface area contributed by atoms with E-state index in [9.17, 15) is 34.2 Å². The van der Waals surface area contributed by atoms with Crippen LogP contribution in [0.5, 0.6) is 5.75 Å². The van der Waals surface area contributed by atoms with E-state index < -0.39 is 60.2 Å². The molecule has 0 aliphatic heterocycles. The van der Waals surface area contributed by atoms with Crippen molar-refractivity contribution in [1.82, 2.24) is 16.0 Å². The number of carbonyl (C=O) groups is 5. The van der Waals surface area contributed by atoms with E-state index in [1.54, 1.807) is 72.8 Å². The van der Waals surface area contributed by atoms with Crippen molar-refractivity contribution in [3.8, 4) is 5.75 Å². The highest BCUT2D eigenvalue weighted by Crippen LogP contribution is 2.12. The molecule has 3 aromatic rings. The molecule has 0 radical (unpaired) electrons. The molecule has 3 rings (SSSR count). The largest absolute Gasteiger partial charge is 0.508 e. The molecule has 3 aromatic carbocycles. The van der Waals surface area contributed by atoms with Gasteiger partial charge in [-0.2, -0.15) is 0 Å². The van der Waals surface area contributed by atoms with Crippen molar-refractivity contribution in [3.63, 3.8) is 0 Å². The molecule has 0 bridgehead atoms. The normalized spacial score (nSPS) is 13.5. The Bertz CT molecular complexity index is 1400. The molecule has 0 aliphatic carbocycles. The monoisotopic (exact) mass is 589 g/mol. The van der Waals surface area contributed by atoms with Crippen LogP contribution in [0.3, 0.4) is 0 Å². The van der Waals surface area contributed by atoms with Gasteiger partial charge in [0.05, 0.1) is 12.5 Å². The van der Waals surface area contributed by atoms with Crippen LogP contribution in [-0.2, 0) is 43.2 Å². The molecule has 0 saturated heterocycles. The second-order valence-electron chi connectivity index (χ2n) is 10.0. The van der Waals surface area contributed by atoms with Crippen molar-refractivity contribution < 1.29 is 34.2 Å². The van der Waals surface area contributed by atoms with Gasteiger partial charge in [0.2, 0.25) is 23.6 Å². The van der Waals surface area contributed by atoms with Gasteiger partial charge in [-0.1, -0.05) is 72.8 Å². The highest BCUT2D eigenvalue weighted by molar-refractivity contribution is 5.96. The summed E-state index contributed by atoms with van der Waals surface area (Å²) in [4.78, 5) is 63.4. The van der Waals surface area contributed by atoms with Gasteiger partial charge in [0.1, 0.15) is 23.9 Å². The quantitative estimate of drug-likeness (QED) is 0.129. The van der Waals surface area contributed by atoms with Gasteiger partial charge in [-0.05, 0) is 35.2 Å². The molecule has 0 spiro atoms. The third-order valence-electron chi connectivity index (χ3n) is 6.58. The number of carboxylic acids is 1. The van der Waals surface area contributed by atoms with Crippen molar-refractivity contribution in [2.45, 2.75) is 49.9 Å². The molecule has 0 aliphatic rings. The second-order valence-corrected chi connectivity index (χ2v) is 10.0. The lowest BCUT2D eigenvalue weighted by atomic mass is 10.0. The van der Waals surface area contributed by atoms with Gasteiger partial charge in [-0.15, -0.1) is 0 Å². The molecule has 43 heavy (non-hydrogen) atoms. The predicted octanol–water partition coefficient (Wildman–Crippen LogP) is 0.162. The molecular weight excluding hydrogens is 554 g/mol. The van der Waals surface area contributed by atoms with Gasteiger partial charge in [-0.25, -0.2) is 4.79 Å². The van der Waals surface area contributed by atoms with E-state index in [0.29, 0.717) is 16.7 Å². The zero-order valence-corrected chi connectivity index (χ0v) is 23.3. The number of hydrogen-bond donors (Lipinski definition) is 7. The number of primary amides is 1. The van der Waals surface area contributed by atoms with Crippen molar-refractivity contribution in [1.29, 1.82) is 0 Å². The zero-order valence-electron chi connectivity index (χ0n) is 23.3. The highest BCUT2D eigenvalue weighted by atomic mass is 16.4. The molecule has 4 amide bonds. The average Bonchev–Trinajstić information content (AvgIpc) is 2.98. The van der Waals surface area contributed by atoms with Crippen molar-refractivity contribution in [2.75, 3.05) is 0 Å². The number of phenols is 1. The van der Waals surface area contributed by atoms with Crippen LogP contribution in [0.2, 0.25) is 0 Å². The van der Waals surface area contributed by atoms with Gasteiger partial charge in [0.25, 0.3) is 0 Å². The summed E-state index contributed by atoms with van der Waals surface area (Å²) in [5.41, 5.74) is 13.4. The molecular formula is C31H35N5O7. The summed E-state index contributed by atoms with van der Waals surface area (Å²) in [6.45, 7) is 0. The topological polar surface area (TPSA) is 214 Å². The first kappa shape index (κ1) is 32.3. The maximum Gasteiger partial charge on any atom is 0.326 e. The fourth-order valence-corrected chi connectivity index (χ4v) is 4.32. The summed E-state index contributed by atoms with van der Waals surface area (Å²) in [5.74, 6) is -4.49. The molecule has 4 atom stereocenters. The van der Waals surface area contributed by atoms with E-state index in [-0.39, 0.29) is 25.0 Å². The lowest BCUT2D eigenvalue weighted by Gasteiger charge is -2.25. The van der Waals surface area contributed by atoms with Crippen molar-refractivity contribution in [3.05, 3.63) is 102 Å². The summed E-state index contributed by atoms with van der Waals surface area (Å²) in [6, 6.07) is 18.4. The molecule has 0 saturated carbocycles. The summed E-state index contributed by atoms with van der Waals surface area (Å²) in [6.07, 6.45) is -0.496. The smallest absolute Gasteiger partial charge is 0.326 e. The summed E-state index contributed by atoms with van der Waals surface area (Å²) < 4.78 is 0. The number of nitrogens with two attached hydrogens (primary N) is 2. The van der Waals surface area contributed by atoms with Crippen LogP contribution in [0, 0.1) is 0 Å². The number of aromatic hydroxyl groups is 1. The fraction of sp³-hybridized carbons (Fsp3) is 0.258. The van der Waals surface area contributed by atoms with E-state index >= 15 is 0 Å². The number of carboxylic acid groups (broad SMARTS) is 1. The van der Waals surface area contributed by atoms with Crippen LogP contribution in [0.15, 0.2) is 84.9 Å². The van der Waals surface area contributed by atoms with Crippen LogP contribution < -0.4 is 27.4 Å². The van der Waals surface area contributed by atoms with Gasteiger partial charge < -0.3 is 37.6 Å². The summed E-state index contributed by atoms with van der Waals surface area (Å²) in [5, 5.41) is 26.7. The SMILES string of the molecule is NC(=O)CC(NC(=O)C(N)Cc1ccc(O)cc1)C(=O)NC(Cc1ccccc1)C(=O)NC(Cc1ccccc1)C(=O)O. The molecule has 0 fully saturated rings. The average molecular weight is 590 g/mol. The molecule has 226 valence electrons. The Kier molecular flexibility index (Phi) is 11.8. The third-order valence-corrected chi connectivity index (χ3v) is 6.58. The Labute approximate surface area is 248 Å². The first-order chi connectivity index (χ1) is 20.5. The molecule has 0 heterocycles. The maximum atomic E-state index is 13.4. The molecule has 9 N–H and O–H groups in total. The van der Waals surface area contributed by atoms with E-state index in [4.69, 9.17) is 11.5 Å². The van der Waals surface area contributed by atoms with Gasteiger partial charge in [0, 0.05) is 12.8 Å². The van der Waals surface area contributed by atoms with Gasteiger partial charge in [-0.3, -0.25) is 19.2 Å². The minimum Gasteiger partial charge on any atom is -0.508 e. The Hall–Kier alpha value is -5.23. The molecule has 0 aromatic heterocycles. The Morgan fingerprint density at radius 1 is 0.605 bits per heavy atom. The van der Waals surface area contributed by atoms with Crippen LogP contribution in [0.25, 0.3) is 0 Å². The van der Waals surface area contributed by atoms with E-state index in [0.717, 1.165) is 0 Å². The first-order valence-electron chi connectivity index (χ1n) is 13.6. The summed E-state index contributed by atoms with van der Waals surface area (Å²) in [7, 11) is 0. The number of benzene rings is 3. The Balaban J connectivity index is 1.76. The number of hydrogen-bond acceptors (Lipinski definition) is 7. The van der Waals surface area contributed by atoms with Crippen molar-refractivity contribution >= 4 is 29.6 Å². The molecule has 12 nitrogen and oxygen atoms in total. The number of aliphatic carboxylic acids is 1. The zero-order chi connectivity index (χ0) is 31.4. The number of nitrogens with one attached hydrogen (secondary N) is 3. The minimum absolute atomic E-state index is 0.00626. The number of rotatable bonds is 15. The van der Waals surface area contributed by atoms with Crippen LogP contribution >= 0.6 is 0 Å². The minimum atomic E-state index is -1.46. The lowest BCUT2D eigenvalue weighted by molar-refractivity contribution is -0.142. The Morgan fingerprint density at radius 3 is 1.56 bits per heavy atom. The molecule has 4 unspecified atom stereocenters. The van der Waals surface area contributed by atoms with Crippen molar-refractivity contribution in [2.24, 2.45) is 11.5 Å². The van der Waals surface area contributed by atoms with E-state index in [1.165, 1.54) is 12.1 Å². The van der Waals surface area contributed by atoms with Crippen LogP contribution in [0.1, 0.15) is 23.1 Å². The fourth-order valence-electron chi connectivity index (χ4n) is 4.32. The van der Waals surface area contributed by atoms with E-state index in [2.05, 4.69) is 16.0 Å². The highest BCUT2D eigenvalue weighted by Gasteiger charge is 2.31. The summed E-state index contributed by atoms with van der Waals surface area (Å²) >= 11 is 0. The lowest BCUT2D eigenvalue weighted by Crippen LogP contribution is -2.58. The van der Waals surface area contributed by atoms with E-state index in [1.807, 2.05) is 0 Å². The van der Waals surface area contributed by atoms with Gasteiger partial charge in [0.15, 0.2) is 0 Å². The number of carbonyl (C=O) groups excluding carboxylic acids is 4. The van der Waals surface area contributed by atoms with Gasteiger partial charge >= 0.3 is 5.97 Å². The van der Waals surface area contributed by atoms with Crippen LogP contribution in [0.4, 0.5) is 0 Å².